The van der Waals surface area contributed by atoms with Gasteiger partial charge in [-0.25, -0.2) is 4.98 Å². The minimum Gasteiger partial charge on any atom is -0.378 e. The molecule has 0 aliphatic heterocycles. The van der Waals surface area contributed by atoms with E-state index in [4.69, 9.17) is 4.98 Å². The quantitative estimate of drug-likeness (QED) is 0.547. The third-order valence-corrected chi connectivity index (χ3v) is 8.73. The lowest BCUT2D eigenvalue weighted by Gasteiger charge is -2.36. The van der Waals surface area contributed by atoms with Crippen molar-refractivity contribution < 1.29 is 0 Å². The Balaban J connectivity index is 1.42. The average molecular weight is 392 g/mol. The third-order valence-electron chi connectivity index (χ3n) is 7.89. The number of nitrogens with zero attached hydrogens (tertiary/aromatic N) is 3. The van der Waals surface area contributed by atoms with Crippen molar-refractivity contribution in [2.45, 2.75) is 50.4 Å². The Kier molecular flexibility index (Phi) is 3.72. The number of thiazole rings is 1. The number of fused-ring (bicyclic) bond motifs is 3. The molecule has 2 aromatic heterocycles. The van der Waals surface area contributed by atoms with Crippen LogP contribution in [0.1, 0.15) is 50.6 Å². The summed E-state index contributed by atoms with van der Waals surface area (Å²) >= 11 is 1.79. The molecule has 3 aliphatic carbocycles. The number of anilines is 1. The SMILES string of the molecule is CN(C)c1cccc(-c2csc3nc(C45CC6CCCC(C4)C(C6)C5)cn23)c1. The highest BCUT2D eigenvalue weighted by atomic mass is 32.1. The summed E-state index contributed by atoms with van der Waals surface area (Å²) in [6.07, 6.45) is 12.5. The molecule has 3 saturated carbocycles. The number of rotatable bonds is 3. The van der Waals surface area contributed by atoms with Gasteiger partial charge in [0.05, 0.1) is 11.4 Å². The van der Waals surface area contributed by atoms with Gasteiger partial charge in [-0.2, -0.15) is 0 Å². The number of benzene rings is 1. The van der Waals surface area contributed by atoms with Crippen molar-refractivity contribution in [1.29, 1.82) is 0 Å². The van der Waals surface area contributed by atoms with Gasteiger partial charge < -0.3 is 4.90 Å². The van der Waals surface area contributed by atoms with E-state index in [1.807, 2.05) is 0 Å². The fourth-order valence-electron chi connectivity index (χ4n) is 6.66. The molecule has 3 aliphatic rings. The zero-order valence-corrected chi connectivity index (χ0v) is 17.7. The van der Waals surface area contributed by atoms with Gasteiger partial charge in [0, 0.05) is 42.3 Å². The number of hydrogen-bond donors (Lipinski definition) is 0. The minimum atomic E-state index is 0.368. The second-order valence-corrected chi connectivity index (χ2v) is 10.6. The summed E-state index contributed by atoms with van der Waals surface area (Å²) in [7, 11) is 4.21. The molecule has 6 rings (SSSR count). The van der Waals surface area contributed by atoms with Crippen LogP contribution in [0.4, 0.5) is 5.69 Å². The lowest BCUT2D eigenvalue weighted by molar-refractivity contribution is 0.215. The Labute approximate surface area is 171 Å². The first-order valence-electron chi connectivity index (χ1n) is 10.9. The summed E-state index contributed by atoms with van der Waals surface area (Å²) in [6, 6.07) is 8.85. The Morgan fingerprint density at radius 1 is 1.14 bits per heavy atom. The molecule has 0 amide bonds. The minimum absolute atomic E-state index is 0.368. The van der Waals surface area contributed by atoms with E-state index < -0.39 is 0 Å². The molecular formula is C24H29N3S. The number of hydrogen-bond acceptors (Lipinski definition) is 3. The number of aromatic nitrogens is 2. The Morgan fingerprint density at radius 3 is 2.93 bits per heavy atom. The van der Waals surface area contributed by atoms with E-state index in [0.717, 1.165) is 22.7 Å². The fraction of sp³-hybridized carbons (Fsp3) is 0.542. The average Bonchev–Trinajstić information content (AvgIpc) is 3.31. The van der Waals surface area contributed by atoms with Gasteiger partial charge in [-0.3, -0.25) is 4.40 Å². The molecule has 4 atom stereocenters. The van der Waals surface area contributed by atoms with Crippen LogP contribution < -0.4 is 4.90 Å². The summed E-state index contributed by atoms with van der Waals surface area (Å²) in [5.74, 6) is 2.88. The van der Waals surface area contributed by atoms with Crippen molar-refractivity contribution in [2.75, 3.05) is 19.0 Å². The predicted octanol–water partition coefficient (Wildman–Crippen LogP) is 5.99. The summed E-state index contributed by atoms with van der Waals surface area (Å²) < 4.78 is 2.36. The summed E-state index contributed by atoms with van der Waals surface area (Å²) in [5.41, 5.74) is 5.57. The first-order valence-corrected chi connectivity index (χ1v) is 11.7. The Hall–Kier alpha value is -1.81. The smallest absolute Gasteiger partial charge is 0.194 e. The van der Waals surface area contributed by atoms with Crippen LogP contribution in [0.3, 0.4) is 0 Å². The van der Waals surface area contributed by atoms with E-state index in [1.165, 1.54) is 67.6 Å². The van der Waals surface area contributed by atoms with E-state index in [-0.39, 0.29) is 0 Å². The van der Waals surface area contributed by atoms with Crippen LogP contribution in [-0.4, -0.2) is 23.5 Å². The molecule has 2 heterocycles. The van der Waals surface area contributed by atoms with Crippen LogP contribution in [0, 0.1) is 17.8 Å². The fourth-order valence-corrected chi connectivity index (χ4v) is 7.54. The topological polar surface area (TPSA) is 20.5 Å². The second-order valence-electron chi connectivity index (χ2n) is 9.79. The van der Waals surface area contributed by atoms with Gasteiger partial charge in [-0.15, -0.1) is 11.3 Å². The highest BCUT2D eigenvalue weighted by molar-refractivity contribution is 7.15. The van der Waals surface area contributed by atoms with Crippen LogP contribution >= 0.6 is 11.3 Å². The maximum Gasteiger partial charge on any atom is 0.194 e. The molecule has 4 unspecified atom stereocenters. The Morgan fingerprint density at radius 2 is 2.04 bits per heavy atom. The lowest BCUT2D eigenvalue weighted by Crippen LogP contribution is -2.31. The van der Waals surface area contributed by atoms with Crippen LogP contribution in [0.25, 0.3) is 16.2 Å². The zero-order valence-electron chi connectivity index (χ0n) is 16.9. The van der Waals surface area contributed by atoms with Crippen LogP contribution in [0.5, 0.6) is 0 Å². The predicted molar refractivity (Wildman–Crippen MR) is 117 cm³/mol. The van der Waals surface area contributed by atoms with E-state index >= 15 is 0 Å². The van der Waals surface area contributed by atoms with Gasteiger partial charge in [0.1, 0.15) is 0 Å². The molecule has 0 radical (unpaired) electrons. The molecular weight excluding hydrogens is 362 g/mol. The second kappa shape index (κ2) is 6.09. The maximum atomic E-state index is 5.21. The molecule has 28 heavy (non-hydrogen) atoms. The van der Waals surface area contributed by atoms with Crippen molar-refractivity contribution in [3.63, 3.8) is 0 Å². The van der Waals surface area contributed by atoms with E-state index in [2.05, 4.69) is 59.2 Å². The highest BCUT2D eigenvalue weighted by Gasteiger charge is 2.53. The van der Waals surface area contributed by atoms with E-state index in [9.17, 15) is 0 Å². The molecule has 3 bridgehead atoms. The van der Waals surface area contributed by atoms with Gasteiger partial charge in [-0.1, -0.05) is 31.4 Å². The standard InChI is InChI=1S/C24H29N3S/c1-26(2)20-8-4-6-17(10-20)21-15-28-23-25-22(14-27(21)23)24-11-16-5-3-7-18(12-24)19(9-16)13-24/h4,6,8,10,14-16,18-19H,3,5,7,9,11-13H2,1-2H3. The zero-order chi connectivity index (χ0) is 18.9. The van der Waals surface area contributed by atoms with Crippen molar-refractivity contribution in [3.8, 4) is 11.3 Å². The van der Waals surface area contributed by atoms with Gasteiger partial charge >= 0.3 is 0 Å². The van der Waals surface area contributed by atoms with Crippen molar-refractivity contribution in [1.82, 2.24) is 9.38 Å². The van der Waals surface area contributed by atoms with Crippen LogP contribution in [-0.2, 0) is 5.41 Å². The number of imidazole rings is 1. The molecule has 3 nitrogen and oxygen atoms in total. The molecule has 0 N–H and O–H groups in total. The van der Waals surface area contributed by atoms with Crippen LogP contribution in [0.15, 0.2) is 35.8 Å². The molecule has 1 aromatic carbocycles. The molecule has 146 valence electrons. The van der Waals surface area contributed by atoms with Crippen molar-refractivity contribution in [2.24, 2.45) is 17.8 Å². The van der Waals surface area contributed by atoms with Gasteiger partial charge in [0.25, 0.3) is 0 Å². The Bertz CT molecular complexity index is 1030. The normalized spacial score (nSPS) is 31.4. The third kappa shape index (κ3) is 2.50. The van der Waals surface area contributed by atoms with Gasteiger partial charge in [0.15, 0.2) is 4.96 Å². The van der Waals surface area contributed by atoms with Gasteiger partial charge in [0.2, 0.25) is 0 Å². The monoisotopic (exact) mass is 391 g/mol. The largest absolute Gasteiger partial charge is 0.378 e. The lowest BCUT2D eigenvalue weighted by atomic mass is 9.68. The summed E-state index contributed by atoms with van der Waals surface area (Å²) in [6.45, 7) is 0. The molecule has 3 aromatic rings. The van der Waals surface area contributed by atoms with Gasteiger partial charge in [-0.05, 0) is 55.6 Å². The van der Waals surface area contributed by atoms with Crippen molar-refractivity contribution in [3.05, 3.63) is 41.5 Å². The molecule has 0 saturated heterocycles. The highest BCUT2D eigenvalue weighted by Crippen LogP contribution is 2.60. The molecule has 3 fully saturated rings. The van der Waals surface area contributed by atoms with E-state index in [0.29, 0.717) is 5.41 Å². The maximum absolute atomic E-state index is 5.21. The first kappa shape index (κ1) is 17.1. The van der Waals surface area contributed by atoms with E-state index in [1.54, 1.807) is 11.3 Å². The molecule has 0 spiro atoms. The first-order chi connectivity index (χ1) is 13.6. The van der Waals surface area contributed by atoms with Crippen molar-refractivity contribution >= 4 is 22.0 Å². The molecule has 4 heteroatoms. The summed E-state index contributed by atoms with van der Waals surface area (Å²) in [5, 5.41) is 2.27. The summed E-state index contributed by atoms with van der Waals surface area (Å²) in [4.78, 5) is 8.54. The van der Waals surface area contributed by atoms with Crippen LogP contribution in [0.2, 0.25) is 0 Å².